The highest BCUT2D eigenvalue weighted by molar-refractivity contribution is 5.45. The van der Waals surface area contributed by atoms with Crippen LogP contribution in [0.5, 0.6) is 11.5 Å². The zero-order valence-corrected chi connectivity index (χ0v) is 9.15. The van der Waals surface area contributed by atoms with E-state index in [1.807, 2.05) is 0 Å². The van der Waals surface area contributed by atoms with Gasteiger partial charge in [-0.3, -0.25) is 0 Å². The summed E-state index contributed by atoms with van der Waals surface area (Å²) in [5.41, 5.74) is 5.80. The predicted octanol–water partition coefficient (Wildman–Crippen LogP) is 3.21. The Morgan fingerprint density at radius 1 is 1.00 bits per heavy atom. The molecule has 0 bridgehead atoms. The van der Waals surface area contributed by atoms with Crippen LogP contribution in [0.1, 0.15) is 5.56 Å². The van der Waals surface area contributed by atoms with E-state index in [0.29, 0.717) is 0 Å². The molecular formula is C13H8F2N2O. The molecule has 18 heavy (non-hydrogen) atoms. The SMILES string of the molecule is N#Cc1ccc(Oc2ccc(N)cc2F)c(F)c1. The van der Waals surface area contributed by atoms with Crippen LogP contribution in [0.15, 0.2) is 36.4 Å². The number of nitrogens with two attached hydrogens (primary N) is 1. The lowest BCUT2D eigenvalue weighted by atomic mass is 10.2. The molecule has 0 aliphatic carbocycles. The second kappa shape index (κ2) is 4.72. The Labute approximate surface area is 102 Å². The smallest absolute Gasteiger partial charge is 0.167 e. The van der Waals surface area contributed by atoms with Crippen LogP contribution < -0.4 is 10.5 Å². The van der Waals surface area contributed by atoms with Crippen molar-refractivity contribution in [2.75, 3.05) is 5.73 Å². The number of nitrogens with zero attached hydrogens (tertiary/aromatic N) is 1. The average molecular weight is 246 g/mol. The van der Waals surface area contributed by atoms with Gasteiger partial charge in [0.25, 0.3) is 0 Å². The van der Waals surface area contributed by atoms with E-state index in [9.17, 15) is 8.78 Å². The maximum absolute atomic E-state index is 13.5. The molecule has 0 saturated heterocycles. The average Bonchev–Trinajstić information content (AvgIpc) is 2.34. The van der Waals surface area contributed by atoms with Crippen LogP contribution in [-0.4, -0.2) is 0 Å². The van der Waals surface area contributed by atoms with Gasteiger partial charge in [0.05, 0.1) is 11.6 Å². The van der Waals surface area contributed by atoms with Crippen LogP contribution in [-0.2, 0) is 0 Å². The van der Waals surface area contributed by atoms with Crippen molar-refractivity contribution in [3.05, 3.63) is 53.6 Å². The van der Waals surface area contributed by atoms with Gasteiger partial charge < -0.3 is 10.5 Å². The first-order chi connectivity index (χ1) is 8.60. The van der Waals surface area contributed by atoms with Crippen molar-refractivity contribution in [3.63, 3.8) is 0 Å². The molecule has 0 aliphatic heterocycles. The van der Waals surface area contributed by atoms with E-state index in [1.165, 1.54) is 24.3 Å². The lowest BCUT2D eigenvalue weighted by Crippen LogP contribution is -1.93. The molecular weight excluding hydrogens is 238 g/mol. The van der Waals surface area contributed by atoms with Gasteiger partial charge in [-0.1, -0.05) is 0 Å². The summed E-state index contributed by atoms with van der Waals surface area (Å²) >= 11 is 0. The summed E-state index contributed by atoms with van der Waals surface area (Å²) in [5, 5.41) is 8.59. The van der Waals surface area contributed by atoms with E-state index in [0.717, 1.165) is 12.1 Å². The minimum atomic E-state index is -0.731. The Bertz CT molecular complexity index is 635. The van der Waals surface area contributed by atoms with Crippen LogP contribution in [0.4, 0.5) is 14.5 Å². The molecule has 0 atom stereocenters. The molecule has 0 heterocycles. The minimum Gasteiger partial charge on any atom is -0.451 e. The number of nitriles is 1. The van der Waals surface area contributed by atoms with Gasteiger partial charge in [-0.15, -0.1) is 0 Å². The Morgan fingerprint density at radius 3 is 2.17 bits per heavy atom. The molecule has 0 aromatic heterocycles. The van der Waals surface area contributed by atoms with Crippen LogP contribution in [0, 0.1) is 23.0 Å². The lowest BCUT2D eigenvalue weighted by molar-refractivity contribution is 0.415. The van der Waals surface area contributed by atoms with Gasteiger partial charge >= 0.3 is 0 Å². The van der Waals surface area contributed by atoms with Crippen molar-refractivity contribution in [1.29, 1.82) is 5.26 Å². The molecule has 0 radical (unpaired) electrons. The van der Waals surface area contributed by atoms with Crippen LogP contribution in [0.2, 0.25) is 0 Å². The van der Waals surface area contributed by atoms with Crippen molar-refractivity contribution in [3.8, 4) is 17.6 Å². The molecule has 5 heteroatoms. The lowest BCUT2D eigenvalue weighted by Gasteiger charge is -2.08. The highest BCUT2D eigenvalue weighted by Gasteiger charge is 2.09. The summed E-state index contributed by atoms with van der Waals surface area (Å²) < 4.78 is 32.0. The van der Waals surface area contributed by atoms with E-state index < -0.39 is 11.6 Å². The Morgan fingerprint density at radius 2 is 1.61 bits per heavy atom. The number of benzene rings is 2. The second-order valence-corrected chi connectivity index (χ2v) is 3.55. The van der Waals surface area contributed by atoms with Crippen molar-refractivity contribution in [1.82, 2.24) is 0 Å². The number of rotatable bonds is 2. The maximum Gasteiger partial charge on any atom is 0.167 e. The van der Waals surface area contributed by atoms with E-state index in [-0.39, 0.29) is 22.7 Å². The van der Waals surface area contributed by atoms with E-state index >= 15 is 0 Å². The summed E-state index contributed by atoms with van der Waals surface area (Å²) in [5.74, 6) is -1.70. The summed E-state index contributed by atoms with van der Waals surface area (Å²) in [6, 6.07) is 9.29. The molecule has 3 nitrogen and oxygen atoms in total. The number of anilines is 1. The molecule has 90 valence electrons. The minimum absolute atomic E-state index is 0.132. The van der Waals surface area contributed by atoms with E-state index in [1.54, 1.807) is 6.07 Å². The number of hydrogen-bond donors (Lipinski definition) is 1. The zero-order valence-electron chi connectivity index (χ0n) is 9.15. The largest absolute Gasteiger partial charge is 0.451 e. The molecule has 0 unspecified atom stereocenters. The third-order valence-electron chi connectivity index (χ3n) is 2.24. The molecule has 2 aromatic carbocycles. The topological polar surface area (TPSA) is 59.0 Å². The van der Waals surface area contributed by atoms with Crippen molar-refractivity contribution in [2.45, 2.75) is 0 Å². The van der Waals surface area contributed by atoms with Gasteiger partial charge in [-0.2, -0.15) is 5.26 Å². The fourth-order valence-electron chi connectivity index (χ4n) is 1.37. The number of nitrogen functional groups attached to an aromatic ring is 1. The summed E-state index contributed by atoms with van der Waals surface area (Å²) in [6.45, 7) is 0. The van der Waals surface area contributed by atoms with Gasteiger partial charge in [0.15, 0.2) is 23.1 Å². The monoisotopic (exact) mass is 246 g/mol. The van der Waals surface area contributed by atoms with Gasteiger partial charge in [0.2, 0.25) is 0 Å². The molecule has 0 spiro atoms. The Hall–Kier alpha value is -2.61. The zero-order chi connectivity index (χ0) is 13.1. The fourth-order valence-corrected chi connectivity index (χ4v) is 1.37. The normalized spacial score (nSPS) is 9.83. The van der Waals surface area contributed by atoms with Gasteiger partial charge in [-0.05, 0) is 30.3 Å². The molecule has 0 fully saturated rings. The summed E-state index contributed by atoms with van der Waals surface area (Å²) in [4.78, 5) is 0. The standard InChI is InChI=1S/C13H8F2N2O/c14-10-5-8(7-16)1-3-12(10)18-13-4-2-9(17)6-11(13)15/h1-6H,17H2. The molecule has 2 N–H and O–H groups in total. The fraction of sp³-hybridized carbons (Fsp3) is 0. The van der Waals surface area contributed by atoms with Crippen molar-refractivity contribution >= 4 is 5.69 Å². The van der Waals surface area contributed by atoms with Gasteiger partial charge in [-0.25, -0.2) is 8.78 Å². The summed E-state index contributed by atoms with van der Waals surface area (Å²) in [6.07, 6.45) is 0. The first kappa shape index (κ1) is 11.9. The summed E-state index contributed by atoms with van der Waals surface area (Å²) in [7, 11) is 0. The number of halogens is 2. The number of ether oxygens (including phenoxy) is 1. The van der Waals surface area contributed by atoms with Gasteiger partial charge in [0, 0.05) is 11.8 Å². The third-order valence-corrected chi connectivity index (χ3v) is 2.24. The van der Waals surface area contributed by atoms with Gasteiger partial charge in [0.1, 0.15) is 0 Å². The van der Waals surface area contributed by atoms with Crippen LogP contribution in [0.3, 0.4) is 0 Å². The van der Waals surface area contributed by atoms with Crippen molar-refractivity contribution < 1.29 is 13.5 Å². The molecule has 0 amide bonds. The molecule has 2 rings (SSSR count). The highest BCUT2D eigenvalue weighted by Crippen LogP contribution is 2.28. The molecule has 0 saturated carbocycles. The Kier molecular flexibility index (Phi) is 3.11. The van der Waals surface area contributed by atoms with Crippen LogP contribution in [0.25, 0.3) is 0 Å². The van der Waals surface area contributed by atoms with E-state index in [2.05, 4.69) is 0 Å². The third kappa shape index (κ3) is 2.38. The number of hydrogen-bond acceptors (Lipinski definition) is 3. The molecule has 0 aliphatic rings. The maximum atomic E-state index is 13.5. The Balaban J connectivity index is 2.32. The first-order valence-corrected chi connectivity index (χ1v) is 5.02. The second-order valence-electron chi connectivity index (χ2n) is 3.55. The predicted molar refractivity (Wildman–Crippen MR) is 62.0 cm³/mol. The van der Waals surface area contributed by atoms with Crippen LogP contribution >= 0.6 is 0 Å². The molecule has 2 aromatic rings. The quantitative estimate of drug-likeness (QED) is 0.827. The highest BCUT2D eigenvalue weighted by atomic mass is 19.1. The van der Waals surface area contributed by atoms with E-state index in [4.69, 9.17) is 15.7 Å². The van der Waals surface area contributed by atoms with Crippen molar-refractivity contribution in [2.24, 2.45) is 0 Å². The first-order valence-electron chi connectivity index (χ1n) is 5.02.